The topological polar surface area (TPSA) is 24.1 Å². The average Bonchev–Trinajstić information content (AvgIpc) is 2.61. The molecule has 2 aliphatic rings. The summed E-state index contributed by atoms with van der Waals surface area (Å²) in [4.78, 5) is 0. The van der Waals surface area contributed by atoms with Crippen molar-refractivity contribution >= 4 is 24.8 Å². The van der Waals surface area contributed by atoms with E-state index in [1.54, 1.807) is 0 Å². The molecular formula is C7H15Cl2FN2. The van der Waals surface area contributed by atoms with Crippen LogP contribution in [0.15, 0.2) is 0 Å². The van der Waals surface area contributed by atoms with E-state index in [2.05, 4.69) is 10.6 Å². The van der Waals surface area contributed by atoms with E-state index in [1.165, 1.54) is 12.8 Å². The predicted octanol–water partition coefficient (Wildman–Crippen LogP) is 0.893. The Morgan fingerprint density at radius 2 is 1.92 bits per heavy atom. The minimum Gasteiger partial charge on any atom is -0.311 e. The minimum atomic E-state index is -0.928. The molecule has 5 heteroatoms. The summed E-state index contributed by atoms with van der Waals surface area (Å²) in [6.07, 6.45) is 2.48. The lowest BCUT2D eigenvalue weighted by Crippen LogP contribution is -2.61. The average molecular weight is 217 g/mol. The first kappa shape index (κ1) is 12.4. The maximum Gasteiger partial charge on any atom is 0.148 e. The minimum absolute atomic E-state index is 0. The molecule has 2 fully saturated rings. The molecule has 0 aromatic heterocycles. The molecule has 1 saturated carbocycles. The smallest absolute Gasteiger partial charge is 0.148 e. The number of hydrogen-bond acceptors (Lipinski definition) is 2. The fourth-order valence-electron chi connectivity index (χ4n) is 1.14. The molecular weight excluding hydrogens is 202 g/mol. The van der Waals surface area contributed by atoms with Crippen LogP contribution in [0.25, 0.3) is 0 Å². The normalized spacial score (nSPS) is 24.8. The van der Waals surface area contributed by atoms with Crippen LogP contribution in [0.5, 0.6) is 0 Å². The summed E-state index contributed by atoms with van der Waals surface area (Å²) < 4.78 is 13.2. The van der Waals surface area contributed by atoms with Crippen molar-refractivity contribution in [2.45, 2.75) is 24.6 Å². The molecule has 0 aromatic carbocycles. The van der Waals surface area contributed by atoms with Crippen LogP contribution < -0.4 is 10.6 Å². The van der Waals surface area contributed by atoms with Gasteiger partial charge in [-0.2, -0.15) is 0 Å². The van der Waals surface area contributed by atoms with E-state index in [4.69, 9.17) is 0 Å². The lowest BCUT2D eigenvalue weighted by atomic mass is 10.00. The van der Waals surface area contributed by atoms with Gasteiger partial charge in [0.15, 0.2) is 0 Å². The van der Waals surface area contributed by atoms with Crippen LogP contribution in [-0.2, 0) is 0 Å². The Morgan fingerprint density at radius 1 is 1.33 bits per heavy atom. The third-order valence-corrected chi connectivity index (χ3v) is 2.17. The molecule has 12 heavy (non-hydrogen) atoms. The second-order valence-corrected chi connectivity index (χ2v) is 3.41. The Hall–Kier alpha value is 0.430. The van der Waals surface area contributed by atoms with Crippen molar-refractivity contribution in [1.29, 1.82) is 0 Å². The first-order valence-corrected chi connectivity index (χ1v) is 3.92. The Bertz CT molecular complexity index is 137. The van der Waals surface area contributed by atoms with Gasteiger partial charge < -0.3 is 10.6 Å². The third-order valence-electron chi connectivity index (χ3n) is 2.17. The molecule has 2 N–H and O–H groups in total. The lowest BCUT2D eigenvalue weighted by molar-refractivity contribution is 0.0893. The SMILES string of the molecule is Cl.Cl.FC1(CNC2CC2)CNC1. The quantitative estimate of drug-likeness (QED) is 0.733. The van der Waals surface area contributed by atoms with Crippen molar-refractivity contribution in [2.75, 3.05) is 19.6 Å². The maximum absolute atomic E-state index is 13.2. The van der Waals surface area contributed by atoms with E-state index < -0.39 is 5.67 Å². The molecule has 1 saturated heterocycles. The third kappa shape index (κ3) is 3.05. The van der Waals surface area contributed by atoms with Crippen molar-refractivity contribution in [3.05, 3.63) is 0 Å². The summed E-state index contributed by atoms with van der Waals surface area (Å²) in [7, 11) is 0. The fourth-order valence-corrected chi connectivity index (χ4v) is 1.14. The Balaban J connectivity index is 0.000000605. The number of alkyl halides is 1. The Labute approximate surface area is 84.5 Å². The molecule has 2 nitrogen and oxygen atoms in total. The second-order valence-electron chi connectivity index (χ2n) is 3.41. The number of rotatable bonds is 3. The van der Waals surface area contributed by atoms with Crippen LogP contribution in [0.1, 0.15) is 12.8 Å². The van der Waals surface area contributed by atoms with Crippen molar-refractivity contribution in [3.63, 3.8) is 0 Å². The van der Waals surface area contributed by atoms with E-state index in [0.29, 0.717) is 25.7 Å². The van der Waals surface area contributed by atoms with Gasteiger partial charge >= 0.3 is 0 Å². The van der Waals surface area contributed by atoms with Gasteiger partial charge in [0.2, 0.25) is 0 Å². The van der Waals surface area contributed by atoms with E-state index in [-0.39, 0.29) is 24.8 Å². The highest BCUT2D eigenvalue weighted by Crippen LogP contribution is 2.21. The van der Waals surface area contributed by atoms with Gasteiger partial charge in [0.25, 0.3) is 0 Å². The van der Waals surface area contributed by atoms with Gasteiger partial charge in [0, 0.05) is 25.7 Å². The standard InChI is InChI=1S/C7H13FN2.2ClH/c8-7(3-9-4-7)5-10-6-1-2-6;;/h6,9-10H,1-5H2;2*1H. The van der Waals surface area contributed by atoms with Crippen molar-refractivity contribution in [1.82, 2.24) is 10.6 Å². The van der Waals surface area contributed by atoms with Gasteiger partial charge in [-0.05, 0) is 12.8 Å². The van der Waals surface area contributed by atoms with Crippen LogP contribution in [0.3, 0.4) is 0 Å². The zero-order chi connectivity index (χ0) is 7.03. The number of nitrogens with one attached hydrogen (secondary N) is 2. The summed E-state index contributed by atoms with van der Waals surface area (Å²) in [6.45, 7) is 1.62. The van der Waals surface area contributed by atoms with Gasteiger partial charge in [0.1, 0.15) is 5.67 Å². The fraction of sp³-hybridized carbons (Fsp3) is 1.00. The molecule has 0 atom stereocenters. The summed E-state index contributed by atoms with van der Waals surface area (Å²) in [6, 6.07) is 0.633. The summed E-state index contributed by atoms with van der Waals surface area (Å²) in [5.41, 5.74) is -0.928. The molecule has 1 aliphatic carbocycles. The zero-order valence-electron chi connectivity index (χ0n) is 6.81. The van der Waals surface area contributed by atoms with Crippen molar-refractivity contribution < 1.29 is 4.39 Å². The van der Waals surface area contributed by atoms with Crippen LogP contribution >= 0.6 is 24.8 Å². The highest BCUT2D eigenvalue weighted by Gasteiger charge is 2.37. The first-order valence-electron chi connectivity index (χ1n) is 3.92. The molecule has 1 aliphatic heterocycles. The van der Waals surface area contributed by atoms with Gasteiger partial charge in [-0.1, -0.05) is 0 Å². The second kappa shape index (κ2) is 4.61. The molecule has 1 heterocycles. The predicted molar refractivity (Wildman–Crippen MR) is 52.2 cm³/mol. The van der Waals surface area contributed by atoms with Gasteiger partial charge in [-0.25, -0.2) is 4.39 Å². The molecule has 2 rings (SSSR count). The van der Waals surface area contributed by atoms with Gasteiger partial charge in [0.05, 0.1) is 0 Å². The molecule has 0 bridgehead atoms. The lowest BCUT2D eigenvalue weighted by Gasteiger charge is -2.35. The highest BCUT2D eigenvalue weighted by molar-refractivity contribution is 5.85. The summed E-state index contributed by atoms with van der Waals surface area (Å²) in [5.74, 6) is 0. The monoisotopic (exact) mass is 216 g/mol. The van der Waals surface area contributed by atoms with Crippen LogP contribution in [0.4, 0.5) is 4.39 Å². The first-order chi connectivity index (χ1) is 4.79. The molecule has 0 spiro atoms. The summed E-state index contributed by atoms with van der Waals surface area (Å²) >= 11 is 0. The molecule has 0 radical (unpaired) electrons. The van der Waals surface area contributed by atoms with E-state index in [0.717, 1.165) is 0 Å². The largest absolute Gasteiger partial charge is 0.311 e. The van der Waals surface area contributed by atoms with Crippen LogP contribution in [0.2, 0.25) is 0 Å². The van der Waals surface area contributed by atoms with Crippen LogP contribution in [-0.4, -0.2) is 31.3 Å². The molecule has 74 valence electrons. The maximum atomic E-state index is 13.2. The molecule has 0 amide bonds. The number of halogens is 3. The van der Waals surface area contributed by atoms with E-state index in [9.17, 15) is 4.39 Å². The van der Waals surface area contributed by atoms with E-state index in [1.807, 2.05) is 0 Å². The Kier molecular flexibility index (Phi) is 4.77. The van der Waals surface area contributed by atoms with Crippen molar-refractivity contribution in [3.8, 4) is 0 Å². The molecule has 0 unspecified atom stereocenters. The van der Waals surface area contributed by atoms with Gasteiger partial charge in [-0.15, -0.1) is 24.8 Å². The summed E-state index contributed by atoms with van der Waals surface area (Å²) in [5, 5.41) is 6.11. The molecule has 0 aromatic rings. The van der Waals surface area contributed by atoms with Gasteiger partial charge in [-0.3, -0.25) is 0 Å². The Morgan fingerprint density at radius 3 is 2.25 bits per heavy atom. The highest BCUT2D eigenvalue weighted by atomic mass is 35.5. The zero-order valence-corrected chi connectivity index (χ0v) is 8.44. The van der Waals surface area contributed by atoms with Crippen molar-refractivity contribution in [2.24, 2.45) is 0 Å². The van der Waals surface area contributed by atoms with E-state index >= 15 is 0 Å². The van der Waals surface area contributed by atoms with Crippen LogP contribution in [0, 0.1) is 0 Å². The number of hydrogen-bond donors (Lipinski definition) is 2.